The zero-order chi connectivity index (χ0) is 26.3. The number of aromatic hydroxyl groups is 2. The van der Waals surface area contributed by atoms with Gasteiger partial charge >= 0.3 is 0 Å². The fourth-order valence-corrected chi connectivity index (χ4v) is 7.94. The molecule has 0 saturated heterocycles. The van der Waals surface area contributed by atoms with Crippen LogP contribution >= 0.6 is 0 Å². The van der Waals surface area contributed by atoms with Crippen molar-refractivity contribution in [2.24, 2.45) is 0 Å². The highest BCUT2D eigenvalue weighted by Crippen LogP contribution is 2.52. The summed E-state index contributed by atoms with van der Waals surface area (Å²) in [6, 6.07) is 25.6. The highest BCUT2D eigenvalue weighted by molar-refractivity contribution is 5.96. The van der Waals surface area contributed by atoms with Gasteiger partial charge in [0.1, 0.15) is 11.5 Å². The maximum atomic E-state index is 11.4. The number of phenols is 2. The molecule has 2 heteroatoms. The van der Waals surface area contributed by atoms with E-state index >= 15 is 0 Å². The van der Waals surface area contributed by atoms with Gasteiger partial charge in [0.05, 0.1) is 0 Å². The minimum absolute atomic E-state index is 0.379. The van der Waals surface area contributed by atoms with Gasteiger partial charge < -0.3 is 10.2 Å². The minimum atomic E-state index is 0.379. The summed E-state index contributed by atoms with van der Waals surface area (Å²) in [7, 11) is 0. The molecule has 2 nitrogen and oxygen atoms in total. The molecule has 0 amide bonds. The quantitative estimate of drug-likeness (QED) is 0.250. The molecule has 198 valence electrons. The molecule has 0 spiro atoms. The smallest absolute Gasteiger partial charge is 0.119 e. The molecular weight excluding hydrogens is 476 g/mol. The van der Waals surface area contributed by atoms with Gasteiger partial charge in [-0.3, -0.25) is 0 Å². The van der Waals surface area contributed by atoms with Crippen molar-refractivity contribution >= 4 is 0 Å². The molecule has 4 aromatic rings. The van der Waals surface area contributed by atoms with Crippen LogP contribution in [0, 0.1) is 0 Å². The first-order chi connectivity index (χ1) is 19.2. The summed E-state index contributed by atoms with van der Waals surface area (Å²) in [5.74, 6) is 1.62. The highest BCUT2D eigenvalue weighted by Gasteiger charge is 2.31. The van der Waals surface area contributed by atoms with Gasteiger partial charge in [-0.25, -0.2) is 0 Å². The topological polar surface area (TPSA) is 40.5 Å². The zero-order valence-electron chi connectivity index (χ0n) is 22.8. The van der Waals surface area contributed by atoms with Crippen molar-refractivity contribution in [1.82, 2.24) is 0 Å². The van der Waals surface area contributed by atoms with E-state index in [1.54, 1.807) is 0 Å². The normalized spacial score (nSPS) is 17.6. The molecule has 0 unspecified atom stereocenters. The number of rotatable bonds is 4. The van der Waals surface area contributed by atoms with E-state index in [4.69, 9.17) is 0 Å². The Morgan fingerprint density at radius 3 is 1.67 bits per heavy atom. The van der Waals surface area contributed by atoms with Gasteiger partial charge in [-0.1, -0.05) is 99.2 Å². The number of fused-ring (bicyclic) bond motifs is 3. The summed E-state index contributed by atoms with van der Waals surface area (Å²) in [5, 5.41) is 22.6. The molecule has 0 aromatic heterocycles. The summed E-state index contributed by atoms with van der Waals surface area (Å²) in [5.41, 5.74) is 12.4. The van der Waals surface area contributed by atoms with E-state index in [1.807, 2.05) is 24.3 Å². The Bertz CT molecular complexity index is 1520. The van der Waals surface area contributed by atoms with Gasteiger partial charge in [-0.05, 0) is 101 Å². The Morgan fingerprint density at radius 1 is 0.462 bits per heavy atom. The third kappa shape index (κ3) is 4.25. The third-order valence-electron chi connectivity index (χ3n) is 9.74. The third-order valence-corrected chi connectivity index (χ3v) is 9.74. The molecule has 2 fully saturated rings. The molecule has 0 radical (unpaired) electrons. The Hall–Kier alpha value is -3.52. The predicted octanol–water partition coefficient (Wildman–Crippen LogP) is 10.1. The van der Waals surface area contributed by atoms with E-state index in [1.165, 1.54) is 77.5 Å². The van der Waals surface area contributed by atoms with Gasteiger partial charge in [0.2, 0.25) is 0 Å². The summed E-state index contributed by atoms with van der Waals surface area (Å²) >= 11 is 0. The first-order valence-electron chi connectivity index (χ1n) is 15.1. The number of benzene rings is 4. The molecule has 3 aliphatic rings. The van der Waals surface area contributed by atoms with Gasteiger partial charge in [0.15, 0.2) is 0 Å². The average Bonchev–Trinajstić information content (AvgIpc) is 3.36. The van der Waals surface area contributed by atoms with Crippen molar-refractivity contribution < 1.29 is 10.2 Å². The number of hydrogen-bond acceptors (Lipinski definition) is 2. The van der Waals surface area contributed by atoms with Crippen molar-refractivity contribution in [3.05, 3.63) is 95.1 Å². The van der Waals surface area contributed by atoms with E-state index in [9.17, 15) is 10.2 Å². The molecule has 2 saturated carbocycles. The van der Waals surface area contributed by atoms with Crippen LogP contribution in [0.1, 0.15) is 98.3 Å². The van der Waals surface area contributed by atoms with Crippen LogP contribution in [0.4, 0.5) is 0 Å². The van der Waals surface area contributed by atoms with Crippen LogP contribution in [0.2, 0.25) is 0 Å². The lowest BCUT2D eigenvalue weighted by molar-refractivity contribution is 0.414. The first kappa shape index (κ1) is 24.5. The van der Waals surface area contributed by atoms with Crippen molar-refractivity contribution in [2.75, 3.05) is 0 Å². The van der Waals surface area contributed by atoms with Crippen molar-refractivity contribution in [3.8, 4) is 44.9 Å². The molecule has 39 heavy (non-hydrogen) atoms. The Labute approximate surface area is 232 Å². The van der Waals surface area contributed by atoms with Crippen LogP contribution in [-0.4, -0.2) is 10.2 Å². The molecular formula is C37H38O2. The average molecular weight is 515 g/mol. The van der Waals surface area contributed by atoms with Crippen LogP contribution < -0.4 is 0 Å². The maximum absolute atomic E-state index is 11.4. The van der Waals surface area contributed by atoms with Crippen LogP contribution in [0.15, 0.2) is 72.8 Å². The van der Waals surface area contributed by atoms with Gasteiger partial charge in [0.25, 0.3) is 0 Å². The Balaban J connectivity index is 1.50. The molecule has 2 N–H and O–H groups in total. The SMILES string of the molecule is Oc1cccc(-c2ccc3c(c2-c2cccc(O)c2C2CCCCC2)Cc2ccccc2-3)c1C1CCCCC1. The maximum Gasteiger partial charge on any atom is 0.119 e. The van der Waals surface area contributed by atoms with Crippen molar-refractivity contribution in [2.45, 2.75) is 82.5 Å². The number of hydrogen-bond donors (Lipinski definition) is 2. The van der Waals surface area contributed by atoms with Crippen molar-refractivity contribution in [1.29, 1.82) is 0 Å². The fraction of sp³-hybridized carbons (Fsp3) is 0.351. The standard InChI is InChI=1S/C37H38O2/c38-33-19-9-17-29(35(33)24-11-3-1-4-12-24)30-22-21-28-27-16-8-7-15-26(27)23-32(28)37(30)31-18-10-20-34(39)36(31)25-13-5-2-6-14-25/h7-10,15-22,24-25,38-39H,1-6,11-14,23H2. The predicted molar refractivity (Wildman–Crippen MR) is 161 cm³/mol. The fourth-order valence-electron chi connectivity index (χ4n) is 7.94. The van der Waals surface area contributed by atoms with E-state index in [-0.39, 0.29) is 0 Å². The second kappa shape index (κ2) is 10.2. The second-order valence-electron chi connectivity index (χ2n) is 12.0. The van der Waals surface area contributed by atoms with Gasteiger partial charge in [-0.15, -0.1) is 0 Å². The molecule has 0 aliphatic heterocycles. The van der Waals surface area contributed by atoms with Crippen LogP contribution in [0.3, 0.4) is 0 Å². The molecule has 0 heterocycles. The summed E-state index contributed by atoms with van der Waals surface area (Å²) < 4.78 is 0. The largest absolute Gasteiger partial charge is 0.508 e. The highest BCUT2D eigenvalue weighted by atomic mass is 16.3. The van der Waals surface area contributed by atoms with E-state index in [2.05, 4.69) is 48.5 Å². The first-order valence-corrected chi connectivity index (χ1v) is 15.1. The summed E-state index contributed by atoms with van der Waals surface area (Å²) in [6.07, 6.45) is 12.9. The minimum Gasteiger partial charge on any atom is -0.508 e. The van der Waals surface area contributed by atoms with Crippen molar-refractivity contribution in [3.63, 3.8) is 0 Å². The lowest BCUT2D eigenvalue weighted by Gasteiger charge is -2.29. The lowest BCUT2D eigenvalue weighted by Crippen LogP contribution is -2.09. The van der Waals surface area contributed by atoms with Gasteiger partial charge in [-0.2, -0.15) is 0 Å². The van der Waals surface area contributed by atoms with E-state index < -0.39 is 0 Å². The molecule has 7 rings (SSSR count). The number of phenolic OH excluding ortho intramolecular Hbond substituents is 2. The van der Waals surface area contributed by atoms with Crippen LogP contribution in [-0.2, 0) is 6.42 Å². The summed E-state index contributed by atoms with van der Waals surface area (Å²) in [6.45, 7) is 0. The van der Waals surface area contributed by atoms with E-state index in [0.717, 1.165) is 48.8 Å². The zero-order valence-corrected chi connectivity index (χ0v) is 22.8. The molecule has 0 atom stereocenters. The lowest BCUT2D eigenvalue weighted by atomic mass is 9.76. The second-order valence-corrected chi connectivity index (χ2v) is 12.0. The Morgan fingerprint density at radius 2 is 1.00 bits per heavy atom. The van der Waals surface area contributed by atoms with Crippen LogP contribution in [0.5, 0.6) is 11.5 Å². The monoisotopic (exact) mass is 514 g/mol. The molecule has 4 aromatic carbocycles. The summed E-state index contributed by atoms with van der Waals surface area (Å²) in [4.78, 5) is 0. The van der Waals surface area contributed by atoms with Gasteiger partial charge in [0, 0.05) is 11.1 Å². The van der Waals surface area contributed by atoms with E-state index in [0.29, 0.717) is 23.3 Å². The molecule has 3 aliphatic carbocycles. The van der Waals surface area contributed by atoms with Crippen LogP contribution in [0.25, 0.3) is 33.4 Å². The Kier molecular flexibility index (Phi) is 6.43. The molecule has 0 bridgehead atoms.